The summed E-state index contributed by atoms with van der Waals surface area (Å²) in [5, 5.41) is 3.52. The number of carbonyl (C=O) groups is 1. The topological polar surface area (TPSA) is 47.6 Å². The molecule has 1 atom stereocenters. The number of carbonyl (C=O) groups excluding carboxylic acids is 1. The summed E-state index contributed by atoms with van der Waals surface area (Å²) < 4.78 is 11.4. The fourth-order valence-corrected chi connectivity index (χ4v) is 3.22. The molecule has 1 unspecified atom stereocenters. The number of nitrogens with one attached hydrogen (secondary N) is 1. The van der Waals surface area contributed by atoms with Gasteiger partial charge in [0.05, 0.1) is 17.3 Å². The van der Waals surface area contributed by atoms with Crippen LogP contribution in [-0.2, 0) is 4.79 Å². The summed E-state index contributed by atoms with van der Waals surface area (Å²) in [5.74, 6) is 1.71. The van der Waals surface area contributed by atoms with Gasteiger partial charge in [-0.05, 0) is 24.3 Å². The lowest BCUT2D eigenvalue weighted by Crippen LogP contribution is -2.41. The predicted octanol–water partition coefficient (Wildman–Crippen LogP) is 3.39. The molecular formula is C17H16ClNO3S. The van der Waals surface area contributed by atoms with E-state index in [0.29, 0.717) is 29.7 Å². The Labute approximate surface area is 144 Å². The summed E-state index contributed by atoms with van der Waals surface area (Å²) in [4.78, 5) is 12.8. The van der Waals surface area contributed by atoms with Crippen molar-refractivity contribution in [1.29, 1.82) is 0 Å². The standard InChI is InChI=1S/C17H16ClNO3S/c18-13-5-1-4-8-16(13)23-11-17(20)19-9-12-10-21-14-6-2-3-7-15(14)22-12/h1-8,12H,9-11H2,(H,19,20). The minimum absolute atomic E-state index is 0.0580. The van der Waals surface area contributed by atoms with E-state index >= 15 is 0 Å². The van der Waals surface area contributed by atoms with Crippen molar-refractivity contribution in [2.75, 3.05) is 18.9 Å². The van der Waals surface area contributed by atoms with Gasteiger partial charge >= 0.3 is 0 Å². The van der Waals surface area contributed by atoms with E-state index in [4.69, 9.17) is 21.1 Å². The normalized spacial score (nSPS) is 16.0. The third-order valence-electron chi connectivity index (χ3n) is 3.29. The maximum atomic E-state index is 11.9. The Hall–Kier alpha value is -1.85. The smallest absolute Gasteiger partial charge is 0.230 e. The molecule has 0 radical (unpaired) electrons. The van der Waals surface area contributed by atoms with Gasteiger partial charge in [0.1, 0.15) is 12.7 Å². The van der Waals surface area contributed by atoms with Gasteiger partial charge in [0.2, 0.25) is 5.91 Å². The van der Waals surface area contributed by atoms with Crippen LogP contribution in [-0.4, -0.2) is 30.9 Å². The Bertz CT molecular complexity index is 695. The number of fused-ring (bicyclic) bond motifs is 1. The highest BCUT2D eigenvalue weighted by atomic mass is 35.5. The van der Waals surface area contributed by atoms with Crippen LogP contribution in [0.25, 0.3) is 0 Å². The molecule has 6 heteroatoms. The monoisotopic (exact) mass is 349 g/mol. The Morgan fingerprint density at radius 1 is 1.17 bits per heavy atom. The van der Waals surface area contributed by atoms with Crippen LogP contribution in [0.2, 0.25) is 5.02 Å². The van der Waals surface area contributed by atoms with Gasteiger partial charge in [-0.15, -0.1) is 11.8 Å². The largest absolute Gasteiger partial charge is 0.486 e. The summed E-state index contributed by atoms with van der Waals surface area (Å²) >= 11 is 7.48. The van der Waals surface area contributed by atoms with Crippen LogP contribution >= 0.6 is 23.4 Å². The molecule has 23 heavy (non-hydrogen) atoms. The lowest BCUT2D eigenvalue weighted by atomic mass is 10.2. The van der Waals surface area contributed by atoms with E-state index in [1.165, 1.54) is 11.8 Å². The third kappa shape index (κ3) is 4.33. The minimum Gasteiger partial charge on any atom is -0.486 e. The first kappa shape index (κ1) is 16.0. The summed E-state index contributed by atoms with van der Waals surface area (Å²) in [7, 11) is 0. The average molecular weight is 350 g/mol. The van der Waals surface area contributed by atoms with Crippen molar-refractivity contribution < 1.29 is 14.3 Å². The Kier molecular flexibility index (Phi) is 5.31. The summed E-state index contributed by atoms with van der Waals surface area (Å²) in [5.41, 5.74) is 0. The number of ether oxygens (including phenoxy) is 2. The molecule has 0 saturated heterocycles. The highest BCUT2D eigenvalue weighted by Crippen LogP contribution is 2.30. The van der Waals surface area contributed by atoms with Crippen molar-refractivity contribution in [3.8, 4) is 11.5 Å². The molecule has 4 nitrogen and oxygen atoms in total. The zero-order valence-electron chi connectivity index (χ0n) is 12.3. The number of para-hydroxylation sites is 2. The fraction of sp³-hybridized carbons (Fsp3) is 0.235. The molecule has 0 saturated carbocycles. The molecule has 1 heterocycles. The summed E-state index contributed by atoms with van der Waals surface area (Å²) in [6, 6.07) is 15.0. The molecule has 0 aliphatic carbocycles. The third-order valence-corrected chi connectivity index (χ3v) is 4.81. The number of thioether (sulfide) groups is 1. The number of benzene rings is 2. The van der Waals surface area contributed by atoms with Crippen molar-refractivity contribution in [2.45, 2.75) is 11.0 Å². The molecule has 120 valence electrons. The van der Waals surface area contributed by atoms with E-state index in [0.717, 1.165) is 10.6 Å². The van der Waals surface area contributed by atoms with Crippen molar-refractivity contribution in [1.82, 2.24) is 5.32 Å². The second-order valence-electron chi connectivity index (χ2n) is 5.02. The zero-order valence-corrected chi connectivity index (χ0v) is 13.9. The molecule has 3 rings (SSSR count). The van der Waals surface area contributed by atoms with E-state index in [2.05, 4.69) is 5.32 Å². The summed E-state index contributed by atoms with van der Waals surface area (Å²) in [6.07, 6.45) is -0.181. The predicted molar refractivity (Wildman–Crippen MR) is 91.5 cm³/mol. The molecule has 2 aromatic carbocycles. The molecule has 0 fully saturated rings. The van der Waals surface area contributed by atoms with E-state index in [1.54, 1.807) is 0 Å². The van der Waals surface area contributed by atoms with Crippen LogP contribution in [0.4, 0.5) is 0 Å². The molecule has 0 aromatic heterocycles. The number of rotatable bonds is 5. The van der Waals surface area contributed by atoms with Gasteiger partial charge in [-0.3, -0.25) is 4.79 Å². The van der Waals surface area contributed by atoms with Gasteiger partial charge in [-0.2, -0.15) is 0 Å². The lowest BCUT2D eigenvalue weighted by Gasteiger charge is -2.26. The van der Waals surface area contributed by atoms with Crippen LogP contribution in [0.3, 0.4) is 0 Å². The van der Waals surface area contributed by atoms with Crippen LogP contribution in [0.15, 0.2) is 53.4 Å². The Morgan fingerprint density at radius 2 is 1.91 bits per heavy atom. The highest BCUT2D eigenvalue weighted by molar-refractivity contribution is 8.00. The molecule has 2 aromatic rings. The van der Waals surface area contributed by atoms with Crippen molar-refractivity contribution in [3.63, 3.8) is 0 Å². The molecule has 1 aliphatic rings. The molecule has 0 bridgehead atoms. The van der Waals surface area contributed by atoms with Gasteiger partial charge in [-0.1, -0.05) is 35.9 Å². The first-order chi connectivity index (χ1) is 11.2. The van der Waals surface area contributed by atoms with Gasteiger partial charge < -0.3 is 14.8 Å². The molecular weight excluding hydrogens is 334 g/mol. The first-order valence-electron chi connectivity index (χ1n) is 7.25. The van der Waals surface area contributed by atoms with Gasteiger partial charge in [0.25, 0.3) is 0 Å². The quantitative estimate of drug-likeness (QED) is 0.840. The number of amides is 1. The average Bonchev–Trinajstić information content (AvgIpc) is 2.59. The number of hydrogen-bond donors (Lipinski definition) is 1. The van der Waals surface area contributed by atoms with Gasteiger partial charge in [0, 0.05) is 4.90 Å². The van der Waals surface area contributed by atoms with Crippen LogP contribution in [0, 0.1) is 0 Å². The van der Waals surface area contributed by atoms with Crippen LogP contribution < -0.4 is 14.8 Å². The van der Waals surface area contributed by atoms with Crippen molar-refractivity contribution >= 4 is 29.3 Å². The fourth-order valence-electron chi connectivity index (χ4n) is 2.15. The van der Waals surface area contributed by atoms with Crippen molar-refractivity contribution in [3.05, 3.63) is 53.6 Å². The maximum absolute atomic E-state index is 11.9. The lowest BCUT2D eigenvalue weighted by molar-refractivity contribution is -0.119. The zero-order chi connectivity index (χ0) is 16.1. The second-order valence-corrected chi connectivity index (χ2v) is 6.45. The van der Waals surface area contributed by atoms with Crippen LogP contribution in [0.5, 0.6) is 11.5 Å². The van der Waals surface area contributed by atoms with E-state index in [1.807, 2.05) is 48.5 Å². The van der Waals surface area contributed by atoms with Gasteiger partial charge in [0.15, 0.2) is 11.5 Å². The maximum Gasteiger partial charge on any atom is 0.230 e. The second kappa shape index (κ2) is 7.62. The number of hydrogen-bond acceptors (Lipinski definition) is 4. The highest BCUT2D eigenvalue weighted by Gasteiger charge is 2.20. The Morgan fingerprint density at radius 3 is 2.74 bits per heavy atom. The van der Waals surface area contributed by atoms with E-state index < -0.39 is 0 Å². The van der Waals surface area contributed by atoms with E-state index in [-0.39, 0.29) is 12.0 Å². The molecule has 1 amide bonds. The SMILES string of the molecule is O=C(CSc1ccccc1Cl)NCC1COc2ccccc2O1. The van der Waals surface area contributed by atoms with Crippen LogP contribution in [0.1, 0.15) is 0 Å². The molecule has 1 aliphatic heterocycles. The summed E-state index contributed by atoms with van der Waals surface area (Å²) in [6.45, 7) is 0.838. The Balaban J connectivity index is 1.44. The van der Waals surface area contributed by atoms with Gasteiger partial charge in [-0.25, -0.2) is 0 Å². The van der Waals surface area contributed by atoms with Crippen molar-refractivity contribution in [2.24, 2.45) is 0 Å². The molecule has 0 spiro atoms. The minimum atomic E-state index is -0.181. The molecule has 1 N–H and O–H groups in total. The van der Waals surface area contributed by atoms with E-state index in [9.17, 15) is 4.79 Å². The first-order valence-corrected chi connectivity index (χ1v) is 8.61. The number of halogens is 1.